The average molecular weight is 391 g/mol. The number of hydrogen-bond donors (Lipinski definition) is 1. The van der Waals surface area contributed by atoms with Gasteiger partial charge in [0, 0.05) is 18.1 Å². The molecule has 0 saturated heterocycles. The SMILES string of the molecule is CCCC(=O)OC(SCC(C)C(S)OC(=O)C1CCCCC1)C(C)C. The Balaban J connectivity index is 2.40. The fraction of sp³-hybridized carbons (Fsp3) is 0.895. The normalized spacial score (nSPS) is 19.3. The van der Waals surface area contributed by atoms with E-state index in [-0.39, 0.29) is 35.1 Å². The molecule has 1 saturated carbocycles. The number of rotatable bonds is 10. The first kappa shape index (κ1) is 22.7. The Bertz CT molecular complexity index is 408. The molecule has 4 nitrogen and oxygen atoms in total. The van der Waals surface area contributed by atoms with Gasteiger partial charge in [-0.25, -0.2) is 0 Å². The van der Waals surface area contributed by atoms with Crippen molar-refractivity contribution in [3.63, 3.8) is 0 Å². The van der Waals surface area contributed by atoms with Crippen LogP contribution in [0.2, 0.25) is 0 Å². The minimum atomic E-state index is -0.416. The number of hydrogen-bond acceptors (Lipinski definition) is 6. The van der Waals surface area contributed by atoms with Crippen LogP contribution in [0.5, 0.6) is 0 Å². The highest BCUT2D eigenvalue weighted by molar-refractivity contribution is 7.99. The van der Waals surface area contributed by atoms with Gasteiger partial charge in [-0.15, -0.1) is 24.4 Å². The third-order valence-corrected chi connectivity index (χ3v) is 6.73. The van der Waals surface area contributed by atoms with Gasteiger partial charge in [-0.2, -0.15) is 0 Å². The third-order valence-electron chi connectivity index (χ3n) is 4.43. The summed E-state index contributed by atoms with van der Waals surface area (Å²) < 4.78 is 11.1. The minimum Gasteiger partial charge on any atom is -0.451 e. The molecule has 0 spiro atoms. The summed E-state index contributed by atoms with van der Waals surface area (Å²) in [6, 6.07) is 0. The lowest BCUT2D eigenvalue weighted by Crippen LogP contribution is -2.28. The maximum atomic E-state index is 12.2. The average Bonchev–Trinajstić information content (AvgIpc) is 2.58. The predicted molar refractivity (Wildman–Crippen MR) is 107 cm³/mol. The third kappa shape index (κ3) is 8.72. The first-order chi connectivity index (χ1) is 11.8. The Kier molecular flexibility index (Phi) is 11.0. The molecular formula is C19H34O4S2. The fourth-order valence-electron chi connectivity index (χ4n) is 2.75. The first-order valence-corrected chi connectivity index (χ1v) is 11.1. The molecule has 1 aliphatic rings. The van der Waals surface area contributed by atoms with Gasteiger partial charge in [-0.3, -0.25) is 9.59 Å². The van der Waals surface area contributed by atoms with Gasteiger partial charge in [-0.05, 0) is 25.2 Å². The first-order valence-electron chi connectivity index (χ1n) is 9.54. The van der Waals surface area contributed by atoms with Crippen molar-refractivity contribution >= 4 is 36.3 Å². The van der Waals surface area contributed by atoms with Gasteiger partial charge in [0.15, 0.2) is 0 Å². The van der Waals surface area contributed by atoms with Crippen LogP contribution in [0.25, 0.3) is 0 Å². The highest BCUT2D eigenvalue weighted by atomic mass is 32.2. The summed E-state index contributed by atoms with van der Waals surface area (Å²) in [5.74, 6) is 0.850. The predicted octanol–water partition coefficient (Wildman–Crippen LogP) is 5.06. The Hall–Kier alpha value is -0.360. The monoisotopic (exact) mass is 390 g/mol. The van der Waals surface area contributed by atoms with E-state index in [0.29, 0.717) is 6.42 Å². The maximum Gasteiger partial charge on any atom is 0.310 e. The van der Waals surface area contributed by atoms with Crippen molar-refractivity contribution < 1.29 is 19.1 Å². The van der Waals surface area contributed by atoms with E-state index >= 15 is 0 Å². The van der Waals surface area contributed by atoms with E-state index in [9.17, 15) is 9.59 Å². The second kappa shape index (κ2) is 12.1. The van der Waals surface area contributed by atoms with E-state index < -0.39 is 5.44 Å². The molecule has 1 rings (SSSR count). The number of thiol groups is 1. The van der Waals surface area contributed by atoms with Crippen LogP contribution in [0.15, 0.2) is 0 Å². The zero-order valence-corrected chi connectivity index (χ0v) is 17.7. The topological polar surface area (TPSA) is 52.6 Å². The van der Waals surface area contributed by atoms with E-state index in [1.54, 1.807) is 11.8 Å². The van der Waals surface area contributed by atoms with E-state index in [4.69, 9.17) is 9.47 Å². The summed E-state index contributed by atoms with van der Waals surface area (Å²) in [5, 5.41) is 0. The molecule has 0 bridgehead atoms. The largest absolute Gasteiger partial charge is 0.451 e. The van der Waals surface area contributed by atoms with Crippen LogP contribution in [-0.2, 0) is 19.1 Å². The standard InChI is InChI=1S/C19H34O4S2/c1-5-9-16(20)22-19(13(2)3)25-12-14(4)18(24)23-17(21)15-10-7-6-8-11-15/h13-15,18-19,24H,5-12H2,1-4H3. The molecule has 1 aliphatic carbocycles. The van der Waals surface area contributed by atoms with Crippen molar-refractivity contribution in [2.24, 2.45) is 17.8 Å². The van der Waals surface area contributed by atoms with Crippen LogP contribution >= 0.6 is 24.4 Å². The van der Waals surface area contributed by atoms with Crippen molar-refractivity contribution in [2.75, 3.05) is 5.75 Å². The molecule has 0 N–H and O–H groups in total. The zero-order valence-electron chi connectivity index (χ0n) is 16.0. The lowest BCUT2D eigenvalue weighted by Gasteiger charge is -2.26. The summed E-state index contributed by atoms with van der Waals surface area (Å²) in [6.45, 7) is 8.07. The number of carbonyl (C=O) groups excluding carboxylic acids is 2. The number of esters is 2. The summed E-state index contributed by atoms with van der Waals surface area (Å²) >= 11 is 6.08. The zero-order chi connectivity index (χ0) is 18.8. The van der Waals surface area contributed by atoms with Crippen LogP contribution in [0, 0.1) is 17.8 Å². The molecule has 3 atom stereocenters. The molecule has 0 aromatic carbocycles. The molecule has 25 heavy (non-hydrogen) atoms. The van der Waals surface area contributed by atoms with Gasteiger partial charge >= 0.3 is 11.9 Å². The van der Waals surface area contributed by atoms with Crippen LogP contribution < -0.4 is 0 Å². The van der Waals surface area contributed by atoms with Gasteiger partial charge in [0.1, 0.15) is 10.9 Å². The highest BCUT2D eigenvalue weighted by Crippen LogP contribution is 2.29. The highest BCUT2D eigenvalue weighted by Gasteiger charge is 2.27. The lowest BCUT2D eigenvalue weighted by atomic mass is 9.89. The van der Waals surface area contributed by atoms with E-state index in [0.717, 1.165) is 37.9 Å². The van der Waals surface area contributed by atoms with Gasteiger partial charge in [0.2, 0.25) is 0 Å². The lowest BCUT2D eigenvalue weighted by molar-refractivity contribution is -0.152. The molecule has 0 radical (unpaired) electrons. The molecule has 6 heteroatoms. The maximum absolute atomic E-state index is 12.2. The number of thioether (sulfide) groups is 1. The van der Waals surface area contributed by atoms with Crippen molar-refractivity contribution in [3.05, 3.63) is 0 Å². The van der Waals surface area contributed by atoms with Crippen molar-refractivity contribution in [1.82, 2.24) is 0 Å². The quantitative estimate of drug-likeness (QED) is 0.321. The van der Waals surface area contributed by atoms with Crippen molar-refractivity contribution in [1.29, 1.82) is 0 Å². The molecule has 0 amide bonds. The van der Waals surface area contributed by atoms with Gasteiger partial charge in [-0.1, -0.05) is 47.0 Å². The molecule has 0 aromatic heterocycles. The Morgan fingerprint density at radius 2 is 1.76 bits per heavy atom. The summed E-state index contributed by atoms with van der Waals surface area (Å²) in [7, 11) is 0. The molecule has 1 fully saturated rings. The van der Waals surface area contributed by atoms with Crippen molar-refractivity contribution in [3.8, 4) is 0 Å². The van der Waals surface area contributed by atoms with Crippen LogP contribution in [0.3, 0.4) is 0 Å². The summed E-state index contributed by atoms with van der Waals surface area (Å²) in [5.41, 5.74) is -0.586. The van der Waals surface area contributed by atoms with Gasteiger partial charge < -0.3 is 9.47 Å². The second-order valence-corrected chi connectivity index (χ2v) is 8.97. The second-order valence-electron chi connectivity index (χ2n) is 7.33. The van der Waals surface area contributed by atoms with Crippen molar-refractivity contribution in [2.45, 2.75) is 83.5 Å². The summed E-state index contributed by atoms with van der Waals surface area (Å²) in [4.78, 5) is 24.0. The van der Waals surface area contributed by atoms with E-state index in [1.165, 1.54) is 6.42 Å². The minimum absolute atomic E-state index is 0.0432. The smallest absolute Gasteiger partial charge is 0.310 e. The summed E-state index contributed by atoms with van der Waals surface area (Å²) in [6.07, 6.45) is 6.56. The Morgan fingerprint density at radius 1 is 1.12 bits per heavy atom. The number of ether oxygens (including phenoxy) is 2. The number of carbonyl (C=O) groups is 2. The molecular weight excluding hydrogens is 356 g/mol. The molecule has 146 valence electrons. The molecule has 3 unspecified atom stereocenters. The Morgan fingerprint density at radius 3 is 2.32 bits per heavy atom. The van der Waals surface area contributed by atoms with Crippen LogP contribution in [0.4, 0.5) is 0 Å². The van der Waals surface area contributed by atoms with Gasteiger partial charge in [0.05, 0.1) is 5.92 Å². The van der Waals surface area contributed by atoms with Crippen LogP contribution in [0.1, 0.15) is 72.6 Å². The molecule has 0 aliphatic heterocycles. The molecule has 0 heterocycles. The van der Waals surface area contributed by atoms with Gasteiger partial charge in [0.25, 0.3) is 0 Å². The van der Waals surface area contributed by atoms with E-state index in [1.807, 2.05) is 27.7 Å². The molecule has 0 aromatic rings. The fourth-order valence-corrected chi connectivity index (χ4v) is 4.33. The van der Waals surface area contributed by atoms with Crippen LogP contribution in [-0.4, -0.2) is 28.6 Å². The Labute approximate surface area is 162 Å². The van der Waals surface area contributed by atoms with E-state index in [2.05, 4.69) is 12.6 Å².